The highest BCUT2D eigenvalue weighted by Gasteiger charge is 2.17. The fourth-order valence-corrected chi connectivity index (χ4v) is 2.89. The number of amides is 1. The van der Waals surface area contributed by atoms with Gasteiger partial charge in [0.1, 0.15) is 12.4 Å². The summed E-state index contributed by atoms with van der Waals surface area (Å²) in [5, 5.41) is 2.60. The number of anilines is 1. The highest BCUT2D eigenvalue weighted by Crippen LogP contribution is 2.28. The van der Waals surface area contributed by atoms with E-state index in [4.69, 9.17) is 0 Å². The smallest absolute Gasteiger partial charge is 0.291 e. The van der Waals surface area contributed by atoms with Crippen LogP contribution < -0.4 is 5.32 Å². The zero-order valence-electron chi connectivity index (χ0n) is 12.2. The van der Waals surface area contributed by atoms with Gasteiger partial charge in [-0.25, -0.2) is 9.37 Å². The second kappa shape index (κ2) is 6.96. The molecule has 0 radical (unpaired) electrons. The number of carbonyl (C=O) groups excluding carboxylic acids is 1. The van der Waals surface area contributed by atoms with Gasteiger partial charge in [0.05, 0.1) is 11.0 Å². The molecule has 2 aromatic carbocycles. The van der Waals surface area contributed by atoms with Crippen LogP contribution in [0.2, 0.25) is 0 Å². The lowest BCUT2D eigenvalue weighted by Crippen LogP contribution is -2.19. The number of imidazole rings is 1. The van der Waals surface area contributed by atoms with Crippen LogP contribution in [-0.2, 0) is 11.3 Å². The van der Waals surface area contributed by atoms with E-state index in [1.165, 1.54) is 22.8 Å². The molecule has 8 heteroatoms. The van der Waals surface area contributed by atoms with Crippen LogP contribution >= 0.6 is 11.8 Å². The normalized spacial score (nSPS) is 11.2. The summed E-state index contributed by atoms with van der Waals surface area (Å²) in [6.07, 6.45) is 0. The summed E-state index contributed by atoms with van der Waals surface area (Å²) in [5.74, 6) is -3.58. The van der Waals surface area contributed by atoms with Crippen molar-refractivity contribution in [3.05, 3.63) is 54.3 Å². The molecule has 1 amide bonds. The molecule has 0 fully saturated rings. The lowest BCUT2D eigenvalue weighted by atomic mass is 10.3. The van der Waals surface area contributed by atoms with E-state index in [1.807, 2.05) is 0 Å². The Balaban J connectivity index is 1.86. The van der Waals surface area contributed by atoms with Crippen LogP contribution in [0.1, 0.15) is 0 Å². The Morgan fingerprint density at radius 1 is 1.21 bits per heavy atom. The molecule has 0 saturated heterocycles. The van der Waals surface area contributed by atoms with E-state index >= 15 is 0 Å². The molecule has 1 heterocycles. The fourth-order valence-electron chi connectivity index (χ4n) is 2.29. The highest BCUT2D eigenvalue weighted by molar-refractivity contribution is 7.99. The van der Waals surface area contributed by atoms with Crippen LogP contribution in [-0.4, -0.2) is 21.2 Å². The molecule has 124 valence electrons. The molecule has 3 rings (SSSR count). The van der Waals surface area contributed by atoms with Crippen molar-refractivity contribution in [2.45, 2.75) is 17.5 Å². The van der Waals surface area contributed by atoms with Crippen LogP contribution in [0, 0.1) is 5.82 Å². The number of thioether (sulfide) groups is 1. The summed E-state index contributed by atoms with van der Waals surface area (Å²) in [6.45, 7) is -0.202. The molecule has 1 aromatic heterocycles. The first kappa shape index (κ1) is 16.4. The highest BCUT2D eigenvalue weighted by atomic mass is 32.2. The fraction of sp³-hybridized carbons (Fsp3) is 0.125. The number of halogens is 3. The summed E-state index contributed by atoms with van der Waals surface area (Å²) in [5.41, 5.74) is 1.40. The molecular formula is C16H12F3N3OS. The van der Waals surface area contributed by atoms with Crippen molar-refractivity contribution >= 4 is 34.4 Å². The molecule has 0 atom stereocenters. The van der Waals surface area contributed by atoms with E-state index in [0.29, 0.717) is 16.7 Å². The topological polar surface area (TPSA) is 46.9 Å². The first-order chi connectivity index (χ1) is 11.5. The van der Waals surface area contributed by atoms with Gasteiger partial charge in [0.15, 0.2) is 5.16 Å². The van der Waals surface area contributed by atoms with Gasteiger partial charge in [0.2, 0.25) is 5.91 Å². The monoisotopic (exact) mass is 351 g/mol. The van der Waals surface area contributed by atoms with Crippen LogP contribution in [0.4, 0.5) is 18.9 Å². The molecule has 0 aliphatic rings. The zero-order valence-corrected chi connectivity index (χ0v) is 13.1. The maximum Gasteiger partial charge on any atom is 0.291 e. The summed E-state index contributed by atoms with van der Waals surface area (Å²) < 4.78 is 40.0. The number of hydrogen-bond donors (Lipinski definition) is 1. The van der Waals surface area contributed by atoms with Crippen molar-refractivity contribution in [3.63, 3.8) is 0 Å². The maximum absolute atomic E-state index is 13.2. The zero-order chi connectivity index (χ0) is 17.1. The molecule has 0 spiro atoms. The minimum atomic E-state index is -2.65. The van der Waals surface area contributed by atoms with Gasteiger partial charge in [-0.15, -0.1) is 0 Å². The van der Waals surface area contributed by atoms with E-state index in [9.17, 15) is 18.0 Å². The van der Waals surface area contributed by atoms with Gasteiger partial charge in [-0.3, -0.25) is 4.79 Å². The van der Waals surface area contributed by atoms with Gasteiger partial charge in [0, 0.05) is 5.69 Å². The Labute approximate surface area is 139 Å². The molecular weight excluding hydrogens is 339 g/mol. The van der Waals surface area contributed by atoms with Crippen molar-refractivity contribution < 1.29 is 18.0 Å². The number of nitrogens with one attached hydrogen (secondary N) is 1. The van der Waals surface area contributed by atoms with Crippen LogP contribution in [0.25, 0.3) is 11.0 Å². The van der Waals surface area contributed by atoms with Crippen LogP contribution in [0.3, 0.4) is 0 Å². The minimum Gasteiger partial charge on any atom is -0.324 e. The van der Waals surface area contributed by atoms with Gasteiger partial charge in [-0.1, -0.05) is 18.2 Å². The standard InChI is InChI=1S/C16H12F3N3OS/c17-10-4-3-5-11(8-10)20-14(23)9-22-13-7-2-1-6-12(13)21-16(22)24-15(18)19/h1-8,15H,9H2,(H,20,23). The van der Waals surface area contributed by atoms with Gasteiger partial charge >= 0.3 is 0 Å². The average Bonchev–Trinajstić information content (AvgIpc) is 2.84. The molecule has 0 bridgehead atoms. The Hall–Kier alpha value is -2.48. The second-order valence-corrected chi connectivity index (χ2v) is 5.86. The van der Waals surface area contributed by atoms with Gasteiger partial charge < -0.3 is 9.88 Å². The minimum absolute atomic E-state index is 0.0561. The lowest BCUT2D eigenvalue weighted by Gasteiger charge is -2.09. The Morgan fingerprint density at radius 2 is 2.00 bits per heavy atom. The van der Waals surface area contributed by atoms with E-state index in [2.05, 4.69) is 10.3 Å². The van der Waals surface area contributed by atoms with Crippen molar-refractivity contribution in [1.29, 1.82) is 0 Å². The molecule has 0 saturated carbocycles. The third kappa shape index (κ3) is 3.70. The summed E-state index contributed by atoms with van der Waals surface area (Å²) >= 11 is 0.280. The van der Waals surface area contributed by atoms with E-state index in [0.717, 1.165) is 0 Å². The predicted molar refractivity (Wildman–Crippen MR) is 86.6 cm³/mol. The number of rotatable bonds is 5. The number of para-hydroxylation sites is 2. The number of benzene rings is 2. The number of hydrogen-bond acceptors (Lipinski definition) is 3. The first-order valence-electron chi connectivity index (χ1n) is 6.98. The number of aromatic nitrogens is 2. The van der Waals surface area contributed by atoms with Gasteiger partial charge in [-0.2, -0.15) is 8.78 Å². The molecule has 1 N–H and O–H groups in total. The van der Waals surface area contributed by atoms with Crippen molar-refractivity contribution in [2.24, 2.45) is 0 Å². The van der Waals surface area contributed by atoms with Gasteiger partial charge in [-0.05, 0) is 42.1 Å². The average molecular weight is 351 g/mol. The quantitative estimate of drug-likeness (QED) is 0.703. The van der Waals surface area contributed by atoms with Crippen molar-refractivity contribution in [3.8, 4) is 0 Å². The first-order valence-corrected chi connectivity index (χ1v) is 7.86. The Kier molecular flexibility index (Phi) is 4.75. The molecule has 24 heavy (non-hydrogen) atoms. The number of fused-ring (bicyclic) bond motifs is 1. The summed E-state index contributed by atoms with van der Waals surface area (Å²) in [6, 6.07) is 12.3. The third-order valence-electron chi connectivity index (χ3n) is 3.22. The number of alkyl halides is 2. The maximum atomic E-state index is 13.2. The van der Waals surface area contributed by atoms with Crippen molar-refractivity contribution in [1.82, 2.24) is 9.55 Å². The number of carbonyl (C=O) groups is 1. The second-order valence-electron chi connectivity index (χ2n) is 4.91. The largest absolute Gasteiger partial charge is 0.324 e. The Bertz CT molecular complexity index is 882. The Morgan fingerprint density at radius 3 is 2.75 bits per heavy atom. The molecule has 4 nitrogen and oxygen atoms in total. The van der Waals surface area contributed by atoms with Crippen molar-refractivity contribution in [2.75, 3.05) is 5.32 Å². The summed E-state index contributed by atoms with van der Waals surface area (Å²) in [7, 11) is 0. The van der Waals surface area contributed by atoms with E-state index in [1.54, 1.807) is 30.3 Å². The molecule has 0 unspecified atom stereocenters. The lowest BCUT2D eigenvalue weighted by molar-refractivity contribution is -0.116. The molecule has 0 aliphatic heterocycles. The molecule has 0 aliphatic carbocycles. The van der Waals surface area contributed by atoms with Crippen LogP contribution in [0.5, 0.6) is 0 Å². The van der Waals surface area contributed by atoms with Gasteiger partial charge in [0.25, 0.3) is 5.76 Å². The van der Waals surface area contributed by atoms with E-state index in [-0.39, 0.29) is 23.5 Å². The number of nitrogens with zero attached hydrogens (tertiary/aromatic N) is 2. The van der Waals surface area contributed by atoms with Crippen LogP contribution in [0.15, 0.2) is 53.7 Å². The third-order valence-corrected chi connectivity index (χ3v) is 3.92. The molecule has 3 aromatic rings. The summed E-state index contributed by atoms with van der Waals surface area (Å²) in [4.78, 5) is 16.3. The predicted octanol–water partition coefficient (Wildman–Crippen LogP) is 4.13. The SMILES string of the molecule is O=C(Cn1c(SC(F)F)nc2ccccc21)Nc1cccc(F)c1. The van der Waals surface area contributed by atoms with E-state index < -0.39 is 17.5 Å².